The van der Waals surface area contributed by atoms with Crippen LogP contribution in [0.15, 0.2) is 48.5 Å². The van der Waals surface area contributed by atoms with E-state index >= 15 is 0 Å². The van der Waals surface area contributed by atoms with Gasteiger partial charge in [0.15, 0.2) is 5.92 Å². The third-order valence-electron chi connectivity index (χ3n) is 4.04. The molecule has 0 amide bonds. The summed E-state index contributed by atoms with van der Waals surface area (Å²) in [5, 5.41) is 18.6. The van der Waals surface area contributed by atoms with E-state index in [0.717, 1.165) is 22.3 Å². The molecule has 1 atom stereocenters. The molecule has 3 rings (SSSR count). The molecular formula is C17H14O4. The van der Waals surface area contributed by atoms with Crippen LogP contribution >= 0.6 is 0 Å². The van der Waals surface area contributed by atoms with Gasteiger partial charge in [-0.15, -0.1) is 0 Å². The lowest BCUT2D eigenvalue weighted by Gasteiger charge is -2.30. The van der Waals surface area contributed by atoms with Gasteiger partial charge in [0.1, 0.15) is 0 Å². The van der Waals surface area contributed by atoms with Gasteiger partial charge in [0, 0.05) is 5.92 Å². The fraction of sp³-hybridized carbons (Fsp3) is 0.176. The highest BCUT2D eigenvalue weighted by molar-refractivity contribution is 5.95. The summed E-state index contributed by atoms with van der Waals surface area (Å²) in [6.45, 7) is 0. The zero-order chi connectivity index (χ0) is 15.0. The topological polar surface area (TPSA) is 74.6 Å². The van der Waals surface area contributed by atoms with Crippen LogP contribution in [0.1, 0.15) is 17.0 Å². The van der Waals surface area contributed by atoms with E-state index < -0.39 is 23.8 Å². The van der Waals surface area contributed by atoms with E-state index in [0.29, 0.717) is 6.42 Å². The predicted molar refractivity (Wildman–Crippen MR) is 77.1 cm³/mol. The van der Waals surface area contributed by atoms with E-state index in [2.05, 4.69) is 0 Å². The van der Waals surface area contributed by atoms with Crippen LogP contribution in [0.2, 0.25) is 0 Å². The van der Waals surface area contributed by atoms with Crippen molar-refractivity contribution in [1.82, 2.24) is 0 Å². The zero-order valence-electron chi connectivity index (χ0n) is 11.2. The van der Waals surface area contributed by atoms with Crippen molar-refractivity contribution >= 4 is 11.9 Å². The van der Waals surface area contributed by atoms with E-state index in [1.807, 2.05) is 48.5 Å². The molecule has 0 radical (unpaired) electrons. The molecule has 2 N–H and O–H groups in total. The summed E-state index contributed by atoms with van der Waals surface area (Å²) >= 11 is 0. The zero-order valence-corrected chi connectivity index (χ0v) is 11.2. The van der Waals surface area contributed by atoms with Gasteiger partial charge < -0.3 is 10.2 Å². The highest BCUT2D eigenvalue weighted by Crippen LogP contribution is 2.42. The maximum absolute atomic E-state index is 11.4. The van der Waals surface area contributed by atoms with Crippen LogP contribution in [0.5, 0.6) is 0 Å². The summed E-state index contributed by atoms with van der Waals surface area (Å²) in [4.78, 5) is 22.8. The first-order chi connectivity index (χ1) is 10.1. The SMILES string of the molecule is O=C(O)C(C(=O)O)C1Cc2ccccc2-c2ccccc21. The summed E-state index contributed by atoms with van der Waals surface area (Å²) in [6, 6.07) is 15.2. The van der Waals surface area contributed by atoms with Gasteiger partial charge in [0.25, 0.3) is 0 Å². The Kier molecular flexibility index (Phi) is 3.22. The van der Waals surface area contributed by atoms with Gasteiger partial charge in [0.2, 0.25) is 0 Å². The highest BCUT2D eigenvalue weighted by Gasteiger charge is 2.39. The normalized spacial score (nSPS) is 16.1. The Labute approximate surface area is 121 Å². The average molecular weight is 282 g/mol. The van der Waals surface area contributed by atoms with Crippen molar-refractivity contribution in [2.75, 3.05) is 0 Å². The van der Waals surface area contributed by atoms with Crippen LogP contribution in [0, 0.1) is 5.92 Å². The minimum absolute atomic E-state index is 0.427. The second-order valence-corrected chi connectivity index (χ2v) is 5.21. The fourth-order valence-corrected chi connectivity index (χ4v) is 3.12. The van der Waals surface area contributed by atoms with Gasteiger partial charge in [-0.3, -0.25) is 9.59 Å². The molecule has 0 fully saturated rings. The van der Waals surface area contributed by atoms with Crippen molar-refractivity contribution in [3.05, 3.63) is 59.7 Å². The molecule has 0 saturated carbocycles. The van der Waals surface area contributed by atoms with Crippen LogP contribution < -0.4 is 0 Å². The maximum Gasteiger partial charge on any atom is 0.318 e. The Balaban J connectivity index is 2.18. The Morgan fingerprint density at radius 3 is 2.14 bits per heavy atom. The first-order valence-electron chi connectivity index (χ1n) is 6.72. The molecule has 2 aromatic rings. The molecule has 21 heavy (non-hydrogen) atoms. The van der Waals surface area contributed by atoms with E-state index in [9.17, 15) is 19.8 Å². The van der Waals surface area contributed by atoms with Crippen molar-refractivity contribution in [3.63, 3.8) is 0 Å². The molecule has 1 unspecified atom stereocenters. The third kappa shape index (κ3) is 2.18. The number of benzene rings is 2. The van der Waals surface area contributed by atoms with E-state index in [1.54, 1.807) is 0 Å². The molecule has 0 aliphatic heterocycles. The minimum atomic E-state index is -1.43. The number of hydrogen-bond donors (Lipinski definition) is 2. The summed E-state index contributed by atoms with van der Waals surface area (Å²) < 4.78 is 0. The number of carbonyl (C=O) groups is 2. The number of carboxylic acid groups (broad SMARTS) is 2. The Hall–Kier alpha value is -2.62. The van der Waals surface area contributed by atoms with Crippen LogP contribution in [-0.4, -0.2) is 22.2 Å². The number of carboxylic acids is 2. The fourth-order valence-electron chi connectivity index (χ4n) is 3.12. The molecule has 106 valence electrons. The molecule has 0 heterocycles. The van der Waals surface area contributed by atoms with Gasteiger partial charge in [-0.1, -0.05) is 48.5 Å². The van der Waals surface area contributed by atoms with Crippen LogP contribution in [0.3, 0.4) is 0 Å². The third-order valence-corrected chi connectivity index (χ3v) is 4.04. The molecule has 0 bridgehead atoms. The monoisotopic (exact) mass is 282 g/mol. The lowest BCUT2D eigenvalue weighted by Crippen LogP contribution is -2.32. The van der Waals surface area contributed by atoms with Crippen molar-refractivity contribution in [2.24, 2.45) is 5.92 Å². The van der Waals surface area contributed by atoms with Crippen LogP contribution in [0.4, 0.5) is 0 Å². The molecule has 0 spiro atoms. The number of rotatable bonds is 3. The number of aliphatic carboxylic acids is 2. The van der Waals surface area contributed by atoms with E-state index in [1.165, 1.54) is 0 Å². The van der Waals surface area contributed by atoms with E-state index in [4.69, 9.17) is 0 Å². The highest BCUT2D eigenvalue weighted by atomic mass is 16.4. The van der Waals surface area contributed by atoms with Crippen LogP contribution in [0.25, 0.3) is 11.1 Å². The summed E-state index contributed by atoms with van der Waals surface area (Å²) in [6.07, 6.45) is 0.427. The molecule has 2 aromatic carbocycles. The number of hydrogen-bond acceptors (Lipinski definition) is 2. The first kappa shape index (κ1) is 13.4. The van der Waals surface area contributed by atoms with Gasteiger partial charge in [-0.05, 0) is 28.7 Å². The molecule has 4 nitrogen and oxygen atoms in total. The standard InChI is InChI=1S/C17H14O4/c18-16(19)15(17(20)21)14-9-10-5-1-2-6-11(10)12-7-3-4-8-13(12)14/h1-8,14-15H,9H2,(H,18,19)(H,20,21). The van der Waals surface area contributed by atoms with E-state index in [-0.39, 0.29) is 0 Å². The Morgan fingerprint density at radius 2 is 1.48 bits per heavy atom. The Morgan fingerprint density at radius 1 is 0.905 bits per heavy atom. The lowest BCUT2D eigenvalue weighted by atomic mass is 9.73. The van der Waals surface area contributed by atoms with Crippen molar-refractivity contribution in [2.45, 2.75) is 12.3 Å². The van der Waals surface area contributed by atoms with Gasteiger partial charge in [0.05, 0.1) is 0 Å². The predicted octanol–water partition coefficient (Wildman–Crippen LogP) is 2.78. The first-order valence-corrected chi connectivity index (χ1v) is 6.72. The second-order valence-electron chi connectivity index (χ2n) is 5.21. The molecule has 4 heteroatoms. The number of fused-ring (bicyclic) bond motifs is 3. The molecule has 0 aromatic heterocycles. The van der Waals surface area contributed by atoms with Crippen LogP contribution in [-0.2, 0) is 16.0 Å². The summed E-state index contributed by atoms with van der Waals surface area (Å²) in [7, 11) is 0. The average Bonchev–Trinajstić information content (AvgIpc) is 2.47. The quantitative estimate of drug-likeness (QED) is 0.849. The minimum Gasteiger partial charge on any atom is -0.481 e. The van der Waals surface area contributed by atoms with Crippen molar-refractivity contribution < 1.29 is 19.8 Å². The largest absolute Gasteiger partial charge is 0.481 e. The smallest absolute Gasteiger partial charge is 0.318 e. The lowest BCUT2D eigenvalue weighted by molar-refractivity contribution is -0.155. The summed E-state index contributed by atoms with van der Waals surface area (Å²) in [5.74, 6) is -4.56. The molecule has 0 saturated heterocycles. The molecular weight excluding hydrogens is 268 g/mol. The van der Waals surface area contributed by atoms with Gasteiger partial charge in [-0.25, -0.2) is 0 Å². The van der Waals surface area contributed by atoms with Gasteiger partial charge in [-0.2, -0.15) is 0 Å². The van der Waals surface area contributed by atoms with Crippen molar-refractivity contribution in [3.8, 4) is 11.1 Å². The van der Waals surface area contributed by atoms with Crippen molar-refractivity contribution in [1.29, 1.82) is 0 Å². The maximum atomic E-state index is 11.4. The molecule has 1 aliphatic carbocycles. The Bertz CT molecular complexity index is 706. The summed E-state index contributed by atoms with van der Waals surface area (Å²) in [5.41, 5.74) is 3.77. The van der Waals surface area contributed by atoms with Gasteiger partial charge >= 0.3 is 11.9 Å². The molecule has 1 aliphatic rings. The second kappa shape index (κ2) is 5.05.